The Balaban J connectivity index is 2.21. The van der Waals surface area contributed by atoms with Crippen LogP contribution in [0.4, 0.5) is 0 Å². The fourth-order valence-electron chi connectivity index (χ4n) is 2.26. The summed E-state index contributed by atoms with van der Waals surface area (Å²) in [4.78, 5) is 0. The first kappa shape index (κ1) is 14.4. The standard InChI is InChI=1S/C17H20O3/c1-12-10-14(4-3-9-18)11-13(2)17(12)20-16-7-5-15(19)6-8-16/h5-8,10-11,18-19H,3-4,9H2,1-2H3. The van der Waals surface area contributed by atoms with Crippen molar-refractivity contribution in [3.05, 3.63) is 53.1 Å². The van der Waals surface area contributed by atoms with Gasteiger partial charge in [-0.3, -0.25) is 0 Å². The molecule has 0 amide bonds. The van der Waals surface area contributed by atoms with Crippen molar-refractivity contribution >= 4 is 0 Å². The van der Waals surface area contributed by atoms with Crippen LogP contribution in [0.5, 0.6) is 17.2 Å². The van der Waals surface area contributed by atoms with Crippen molar-refractivity contribution in [2.45, 2.75) is 26.7 Å². The summed E-state index contributed by atoms with van der Waals surface area (Å²) in [7, 11) is 0. The molecule has 0 fully saturated rings. The zero-order valence-corrected chi connectivity index (χ0v) is 11.9. The zero-order chi connectivity index (χ0) is 14.5. The van der Waals surface area contributed by atoms with E-state index in [1.807, 2.05) is 13.8 Å². The highest BCUT2D eigenvalue weighted by Gasteiger charge is 2.08. The third kappa shape index (κ3) is 3.52. The van der Waals surface area contributed by atoms with Crippen molar-refractivity contribution in [1.82, 2.24) is 0 Å². The molecule has 2 aromatic rings. The molecule has 20 heavy (non-hydrogen) atoms. The summed E-state index contributed by atoms with van der Waals surface area (Å²) >= 11 is 0. The molecule has 0 bridgehead atoms. The van der Waals surface area contributed by atoms with E-state index < -0.39 is 0 Å². The van der Waals surface area contributed by atoms with Crippen molar-refractivity contribution in [3.63, 3.8) is 0 Å². The van der Waals surface area contributed by atoms with Crippen molar-refractivity contribution < 1.29 is 14.9 Å². The minimum Gasteiger partial charge on any atom is -0.508 e. The minimum atomic E-state index is 0.212. The maximum Gasteiger partial charge on any atom is 0.133 e. The van der Waals surface area contributed by atoms with Crippen molar-refractivity contribution in [1.29, 1.82) is 0 Å². The van der Waals surface area contributed by atoms with Gasteiger partial charge in [0.25, 0.3) is 0 Å². The molecule has 0 unspecified atom stereocenters. The molecule has 0 atom stereocenters. The van der Waals surface area contributed by atoms with E-state index in [0.717, 1.165) is 29.7 Å². The molecule has 0 saturated heterocycles. The topological polar surface area (TPSA) is 49.7 Å². The van der Waals surface area contributed by atoms with Crippen LogP contribution in [0.2, 0.25) is 0 Å². The normalized spacial score (nSPS) is 10.6. The minimum absolute atomic E-state index is 0.212. The van der Waals surface area contributed by atoms with Gasteiger partial charge in [0.1, 0.15) is 17.2 Å². The third-order valence-electron chi connectivity index (χ3n) is 3.20. The summed E-state index contributed by atoms with van der Waals surface area (Å²) in [5.41, 5.74) is 3.36. The number of ether oxygens (including phenoxy) is 1. The summed E-state index contributed by atoms with van der Waals surface area (Å²) in [6, 6.07) is 10.9. The summed E-state index contributed by atoms with van der Waals surface area (Å²) in [5, 5.41) is 18.2. The number of rotatable bonds is 5. The van der Waals surface area contributed by atoms with Gasteiger partial charge in [-0.2, -0.15) is 0 Å². The van der Waals surface area contributed by atoms with Crippen LogP contribution in [0, 0.1) is 13.8 Å². The van der Waals surface area contributed by atoms with Gasteiger partial charge in [-0.25, -0.2) is 0 Å². The molecule has 0 aliphatic rings. The Kier molecular flexibility index (Phi) is 4.64. The lowest BCUT2D eigenvalue weighted by Crippen LogP contribution is -1.96. The average Bonchev–Trinajstić information content (AvgIpc) is 2.42. The number of hydrogen-bond acceptors (Lipinski definition) is 3. The van der Waals surface area contributed by atoms with Crippen LogP contribution in [-0.4, -0.2) is 16.8 Å². The van der Waals surface area contributed by atoms with Crippen LogP contribution in [-0.2, 0) is 6.42 Å². The predicted molar refractivity (Wildman–Crippen MR) is 79.5 cm³/mol. The maximum atomic E-state index is 9.27. The fourth-order valence-corrected chi connectivity index (χ4v) is 2.26. The molecule has 106 valence electrons. The third-order valence-corrected chi connectivity index (χ3v) is 3.20. The molecule has 2 N–H and O–H groups in total. The van der Waals surface area contributed by atoms with E-state index >= 15 is 0 Å². The first-order valence-electron chi connectivity index (χ1n) is 6.78. The largest absolute Gasteiger partial charge is 0.508 e. The van der Waals surface area contributed by atoms with Gasteiger partial charge in [0.15, 0.2) is 0 Å². The van der Waals surface area contributed by atoms with Gasteiger partial charge in [0.2, 0.25) is 0 Å². The van der Waals surface area contributed by atoms with Crippen molar-refractivity contribution in [3.8, 4) is 17.2 Å². The number of aromatic hydroxyl groups is 1. The van der Waals surface area contributed by atoms with Gasteiger partial charge < -0.3 is 14.9 Å². The number of aryl methyl sites for hydroxylation is 3. The average molecular weight is 272 g/mol. The number of aliphatic hydroxyl groups excluding tert-OH is 1. The first-order valence-corrected chi connectivity index (χ1v) is 6.78. The monoisotopic (exact) mass is 272 g/mol. The second-order valence-corrected chi connectivity index (χ2v) is 4.98. The van der Waals surface area contributed by atoms with Crippen molar-refractivity contribution in [2.24, 2.45) is 0 Å². The van der Waals surface area contributed by atoms with E-state index in [0.29, 0.717) is 5.75 Å². The number of phenols is 1. The Morgan fingerprint density at radius 2 is 1.60 bits per heavy atom. The summed E-state index contributed by atoms with van der Waals surface area (Å²) in [6.45, 7) is 4.25. The van der Waals surface area contributed by atoms with Gasteiger partial charge in [-0.05, 0) is 67.6 Å². The van der Waals surface area contributed by atoms with Crippen LogP contribution in [0.1, 0.15) is 23.1 Å². The molecule has 0 aliphatic heterocycles. The molecule has 0 aromatic heterocycles. The molecule has 2 rings (SSSR count). The SMILES string of the molecule is Cc1cc(CCCO)cc(C)c1Oc1ccc(O)cc1. The Hall–Kier alpha value is -2.00. The summed E-state index contributed by atoms with van der Waals surface area (Å²) in [5.74, 6) is 1.78. The van der Waals surface area contributed by atoms with E-state index in [-0.39, 0.29) is 12.4 Å². The Bertz CT molecular complexity index is 550. The smallest absolute Gasteiger partial charge is 0.133 e. The molecule has 0 radical (unpaired) electrons. The highest BCUT2D eigenvalue weighted by Crippen LogP contribution is 2.30. The van der Waals surface area contributed by atoms with E-state index in [4.69, 9.17) is 9.84 Å². The van der Waals surface area contributed by atoms with Crippen LogP contribution < -0.4 is 4.74 Å². The second kappa shape index (κ2) is 6.44. The van der Waals surface area contributed by atoms with Gasteiger partial charge in [0.05, 0.1) is 0 Å². The van der Waals surface area contributed by atoms with Gasteiger partial charge >= 0.3 is 0 Å². The fraction of sp³-hybridized carbons (Fsp3) is 0.294. The molecule has 0 saturated carbocycles. The Morgan fingerprint density at radius 1 is 1.00 bits per heavy atom. The van der Waals surface area contributed by atoms with E-state index in [1.54, 1.807) is 24.3 Å². The van der Waals surface area contributed by atoms with Crippen LogP contribution in [0.15, 0.2) is 36.4 Å². The Labute approximate surface area is 119 Å². The lowest BCUT2D eigenvalue weighted by Gasteiger charge is -2.14. The van der Waals surface area contributed by atoms with E-state index in [1.165, 1.54) is 5.56 Å². The highest BCUT2D eigenvalue weighted by atomic mass is 16.5. The van der Waals surface area contributed by atoms with Crippen LogP contribution in [0.25, 0.3) is 0 Å². The number of hydrogen-bond donors (Lipinski definition) is 2. The maximum absolute atomic E-state index is 9.27. The zero-order valence-electron chi connectivity index (χ0n) is 11.9. The molecular formula is C17H20O3. The van der Waals surface area contributed by atoms with E-state index in [2.05, 4.69) is 12.1 Å². The van der Waals surface area contributed by atoms with Crippen LogP contribution in [0.3, 0.4) is 0 Å². The predicted octanol–water partition coefficient (Wildman–Crippen LogP) is 3.73. The number of phenolic OH excluding ortho intramolecular Hbond substituents is 1. The number of aliphatic hydroxyl groups is 1. The summed E-state index contributed by atoms with van der Waals surface area (Å²) < 4.78 is 5.89. The Morgan fingerprint density at radius 3 is 2.15 bits per heavy atom. The van der Waals surface area contributed by atoms with Gasteiger partial charge in [-0.1, -0.05) is 12.1 Å². The molecule has 0 heterocycles. The molecular weight excluding hydrogens is 252 g/mol. The quantitative estimate of drug-likeness (QED) is 0.872. The molecule has 3 nitrogen and oxygen atoms in total. The highest BCUT2D eigenvalue weighted by molar-refractivity contribution is 5.46. The lowest BCUT2D eigenvalue weighted by atomic mass is 10.0. The van der Waals surface area contributed by atoms with Gasteiger partial charge in [-0.15, -0.1) is 0 Å². The molecule has 2 aromatic carbocycles. The molecule has 0 aliphatic carbocycles. The van der Waals surface area contributed by atoms with Gasteiger partial charge in [0, 0.05) is 6.61 Å². The van der Waals surface area contributed by atoms with Crippen LogP contribution >= 0.6 is 0 Å². The number of benzene rings is 2. The first-order chi connectivity index (χ1) is 9.60. The van der Waals surface area contributed by atoms with Crippen molar-refractivity contribution in [2.75, 3.05) is 6.61 Å². The lowest BCUT2D eigenvalue weighted by molar-refractivity contribution is 0.288. The summed E-state index contributed by atoms with van der Waals surface area (Å²) in [6.07, 6.45) is 1.65. The van der Waals surface area contributed by atoms with E-state index in [9.17, 15) is 5.11 Å². The molecule has 0 spiro atoms. The second-order valence-electron chi connectivity index (χ2n) is 4.98. The molecule has 3 heteroatoms.